The van der Waals surface area contributed by atoms with Crippen molar-refractivity contribution in [2.45, 2.75) is 13.3 Å². The third kappa shape index (κ3) is 4.09. The second-order valence-corrected chi connectivity index (χ2v) is 8.81. The molecule has 1 N–H and O–H groups in total. The Balaban J connectivity index is 1.68. The molecular formula is C26H25FN6O2. The minimum absolute atomic E-state index is 0.0419. The van der Waals surface area contributed by atoms with Crippen molar-refractivity contribution in [1.82, 2.24) is 29.8 Å². The highest BCUT2D eigenvalue weighted by Gasteiger charge is 2.24. The summed E-state index contributed by atoms with van der Waals surface area (Å²) >= 11 is 0. The highest BCUT2D eigenvalue weighted by atomic mass is 19.1. The standard InChI is InChI=1S/C26H25FN6O2/c1-16(34)32-11-4-5-18(15-32)21-13-20(17-6-8-19(9-7-17)33-12-10-28-30-33)22-14-23(26(35)31(2)3)29-25(22)24(21)27/h5-10,12-14,29H,4,11,15H2,1-3H3. The SMILES string of the molecule is CC(=O)N1CCC=C(c2cc(-c3ccc(-n4ccnn4)cc3)c3cc(C(=O)N(C)C)[nH]c3c2F)C1. The third-order valence-corrected chi connectivity index (χ3v) is 6.30. The molecule has 2 aromatic carbocycles. The number of nitrogens with one attached hydrogen (secondary N) is 1. The Morgan fingerprint density at radius 3 is 2.54 bits per heavy atom. The van der Waals surface area contributed by atoms with E-state index < -0.39 is 5.82 Å². The molecule has 2 aromatic heterocycles. The van der Waals surface area contributed by atoms with Crippen LogP contribution in [-0.2, 0) is 4.79 Å². The number of rotatable bonds is 4. The van der Waals surface area contributed by atoms with Crippen molar-refractivity contribution in [3.63, 3.8) is 0 Å². The maximum absolute atomic E-state index is 15.9. The van der Waals surface area contributed by atoms with E-state index >= 15 is 4.39 Å². The average molecular weight is 473 g/mol. The van der Waals surface area contributed by atoms with Gasteiger partial charge < -0.3 is 14.8 Å². The molecule has 0 atom stereocenters. The number of hydrogen-bond donors (Lipinski definition) is 1. The summed E-state index contributed by atoms with van der Waals surface area (Å²) in [5.41, 5.74) is 4.24. The summed E-state index contributed by atoms with van der Waals surface area (Å²) in [6.45, 7) is 2.48. The van der Waals surface area contributed by atoms with E-state index in [9.17, 15) is 9.59 Å². The number of nitrogens with zero attached hydrogens (tertiary/aromatic N) is 5. The maximum atomic E-state index is 15.9. The van der Waals surface area contributed by atoms with Gasteiger partial charge in [-0.25, -0.2) is 9.07 Å². The molecule has 0 saturated carbocycles. The molecule has 1 aliphatic rings. The number of aromatic nitrogens is 4. The van der Waals surface area contributed by atoms with Crippen LogP contribution in [0.2, 0.25) is 0 Å². The molecule has 3 heterocycles. The Labute approximate surface area is 201 Å². The lowest BCUT2D eigenvalue weighted by Gasteiger charge is -2.27. The highest BCUT2D eigenvalue weighted by Crippen LogP contribution is 2.37. The van der Waals surface area contributed by atoms with Gasteiger partial charge in [0.2, 0.25) is 5.91 Å². The number of hydrogen-bond acceptors (Lipinski definition) is 4. The molecule has 0 aliphatic carbocycles. The Morgan fingerprint density at radius 2 is 1.89 bits per heavy atom. The maximum Gasteiger partial charge on any atom is 0.269 e. The van der Waals surface area contributed by atoms with Gasteiger partial charge in [-0.1, -0.05) is 23.4 Å². The van der Waals surface area contributed by atoms with E-state index in [0.717, 1.165) is 22.4 Å². The van der Waals surface area contributed by atoms with Gasteiger partial charge in [-0.2, -0.15) is 0 Å². The van der Waals surface area contributed by atoms with Crippen LogP contribution in [0.15, 0.2) is 54.9 Å². The van der Waals surface area contributed by atoms with Crippen LogP contribution < -0.4 is 0 Å². The largest absolute Gasteiger partial charge is 0.348 e. The highest BCUT2D eigenvalue weighted by molar-refractivity contribution is 6.04. The van der Waals surface area contributed by atoms with Gasteiger partial charge in [-0.15, -0.1) is 5.10 Å². The molecule has 4 aromatic rings. The van der Waals surface area contributed by atoms with E-state index in [1.54, 1.807) is 42.1 Å². The van der Waals surface area contributed by atoms with E-state index in [2.05, 4.69) is 15.3 Å². The summed E-state index contributed by atoms with van der Waals surface area (Å²) in [6.07, 6.45) is 6.00. The van der Waals surface area contributed by atoms with Crippen LogP contribution in [0, 0.1) is 5.82 Å². The predicted molar refractivity (Wildman–Crippen MR) is 131 cm³/mol. The number of benzene rings is 2. The molecule has 0 radical (unpaired) electrons. The Hall–Kier alpha value is -4.27. The summed E-state index contributed by atoms with van der Waals surface area (Å²) in [7, 11) is 3.31. The smallest absolute Gasteiger partial charge is 0.269 e. The lowest BCUT2D eigenvalue weighted by atomic mass is 9.93. The molecule has 0 unspecified atom stereocenters. The van der Waals surface area contributed by atoms with Crippen LogP contribution in [0.25, 0.3) is 33.3 Å². The summed E-state index contributed by atoms with van der Waals surface area (Å²) < 4.78 is 17.5. The summed E-state index contributed by atoms with van der Waals surface area (Å²) in [5, 5.41) is 8.47. The van der Waals surface area contributed by atoms with Gasteiger partial charge in [0.25, 0.3) is 5.91 Å². The quantitative estimate of drug-likeness (QED) is 0.488. The van der Waals surface area contributed by atoms with E-state index in [4.69, 9.17) is 0 Å². The second-order valence-electron chi connectivity index (χ2n) is 8.81. The molecule has 0 saturated heterocycles. The van der Waals surface area contributed by atoms with Crippen molar-refractivity contribution in [2.75, 3.05) is 27.2 Å². The molecule has 35 heavy (non-hydrogen) atoms. The van der Waals surface area contributed by atoms with Gasteiger partial charge in [0, 0.05) is 45.1 Å². The molecule has 0 spiro atoms. The molecule has 0 fully saturated rings. The number of amides is 2. The molecule has 0 bridgehead atoms. The Bertz CT molecular complexity index is 1450. The molecular weight excluding hydrogens is 447 g/mol. The predicted octanol–water partition coefficient (Wildman–Crippen LogP) is 3.89. The lowest BCUT2D eigenvalue weighted by Crippen LogP contribution is -2.33. The molecule has 178 valence electrons. The zero-order chi connectivity index (χ0) is 24.7. The fourth-order valence-corrected chi connectivity index (χ4v) is 4.44. The molecule has 2 amide bonds. The normalized spacial score (nSPS) is 13.7. The zero-order valence-corrected chi connectivity index (χ0v) is 19.7. The van der Waals surface area contributed by atoms with Gasteiger partial charge in [-0.05, 0) is 47.4 Å². The van der Waals surface area contributed by atoms with Crippen molar-refractivity contribution in [3.8, 4) is 16.8 Å². The van der Waals surface area contributed by atoms with Crippen LogP contribution in [-0.4, -0.2) is 68.8 Å². The van der Waals surface area contributed by atoms with Crippen LogP contribution in [0.1, 0.15) is 29.4 Å². The first-order valence-corrected chi connectivity index (χ1v) is 11.3. The van der Waals surface area contributed by atoms with Crippen molar-refractivity contribution in [2.24, 2.45) is 0 Å². The lowest BCUT2D eigenvalue weighted by molar-refractivity contribution is -0.128. The monoisotopic (exact) mass is 472 g/mol. The molecule has 8 nitrogen and oxygen atoms in total. The van der Waals surface area contributed by atoms with Crippen molar-refractivity contribution >= 4 is 28.3 Å². The minimum atomic E-state index is -0.433. The van der Waals surface area contributed by atoms with Crippen molar-refractivity contribution in [3.05, 3.63) is 71.9 Å². The first-order chi connectivity index (χ1) is 16.8. The van der Waals surface area contributed by atoms with Gasteiger partial charge in [0.1, 0.15) is 5.69 Å². The number of fused-ring (bicyclic) bond motifs is 1. The van der Waals surface area contributed by atoms with Crippen LogP contribution in [0.3, 0.4) is 0 Å². The van der Waals surface area contributed by atoms with E-state index in [1.165, 1.54) is 11.8 Å². The van der Waals surface area contributed by atoms with Crippen LogP contribution >= 0.6 is 0 Å². The van der Waals surface area contributed by atoms with E-state index in [0.29, 0.717) is 36.2 Å². The molecule has 9 heteroatoms. The van der Waals surface area contributed by atoms with Crippen molar-refractivity contribution < 1.29 is 14.0 Å². The van der Waals surface area contributed by atoms with Gasteiger partial charge in [0.15, 0.2) is 5.82 Å². The van der Waals surface area contributed by atoms with E-state index in [-0.39, 0.29) is 17.3 Å². The van der Waals surface area contributed by atoms with Crippen LogP contribution in [0.5, 0.6) is 0 Å². The van der Waals surface area contributed by atoms with E-state index in [1.807, 2.05) is 36.4 Å². The van der Waals surface area contributed by atoms with Gasteiger partial charge in [-0.3, -0.25) is 9.59 Å². The Morgan fingerprint density at radius 1 is 1.11 bits per heavy atom. The number of H-pyrrole nitrogens is 1. The number of carbonyl (C=O) groups is 2. The topological polar surface area (TPSA) is 87.1 Å². The molecule has 1 aliphatic heterocycles. The summed E-state index contributed by atoms with van der Waals surface area (Å²) in [5.74, 6) is -0.716. The first-order valence-electron chi connectivity index (χ1n) is 11.3. The number of halogens is 1. The van der Waals surface area contributed by atoms with Gasteiger partial charge >= 0.3 is 0 Å². The first kappa shape index (κ1) is 22.5. The number of carbonyl (C=O) groups excluding carboxylic acids is 2. The number of aromatic amines is 1. The minimum Gasteiger partial charge on any atom is -0.348 e. The van der Waals surface area contributed by atoms with Gasteiger partial charge in [0.05, 0.1) is 23.6 Å². The summed E-state index contributed by atoms with van der Waals surface area (Å²) in [6, 6.07) is 11.2. The molecule has 5 rings (SSSR count). The van der Waals surface area contributed by atoms with Crippen molar-refractivity contribution in [1.29, 1.82) is 0 Å². The summed E-state index contributed by atoms with van der Waals surface area (Å²) in [4.78, 5) is 30.8. The fraction of sp³-hybridized carbons (Fsp3) is 0.231. The zero-order valence-electron chi connectivity index (χ0n) is 19.7. The second kappa shape index (κ2) is 8.83. The van der Waals surface area contributed by atoms with Crippen LogP contribution in [0.4, 0.5) is 4.39 Å². The Kier molecular flexibility index (Phi) is 5.68. The fourth-order valence-electron chi connectivity index (χ4n) is 4.44. The average Bonchev–Trinajstić information content (AvgIpc) is 3.55. The third-order valence-electron chi connectivity index (χ3n) is 6.30.